The Bertz CT molecular complexity index is 1530. The summed E-state index contributed by atoms with van der Waals surface area (Å²) in [6.45, 7) is 4.93. The molecule has 3 heterocycles. The number of piperidine rings is 1. The van der Waals surface area contributed by atoms with E-state index in [2.05, 4.69) is 24.0 Å². The number of aromatic nitrogens is 2. The number of carbonyl (C=O) groups excluding carboxylic acids is 1. The van der Waals surface area contributed by atoms with Gasteiger partial charge in [0, 0.05) is 30.2 Å². The zero-order valence-corrected chi connectivity index (χ0v) is 23.0. The maximum atomic E-state index is 13.9. The molecule has 192 valence electrons. The summed E-state index contributed by atoms with van der Waals surface area (Å²) in [5.74, 6) is -0.363. The van der Waals surface area contributed by atoms with Gasteiger partial charge in [-0.15, -0.1) is 0 Å². The smallest absolute Gasteiger partial charge is 0.243 e. The number of hydrogen-bond acceptors (Lipinski definition) is 6. The van der Waals surface area contributed by atoms with E-state index in [1.807, 2.05) is 25.1 Å². The molecule has 7 nitrogen and oxygen atoms in total. The molecule has 1 amide bonds. The Morgan fingerprint density at radius 1 is 1.11 bits per heavy atom. The number of halogens is 1. The minimum absolute atomic E-state index is 0.0531. The molecule has 0 N–H and O–H groups in total. The first kappa shape index (κ1) is 25.8. The molecule has 0 aliphatic carbocycles. The molecule has 4 aromatic rings. The van der Waals surface area contributed by atoms with Crippen molar-refractivity contribution in [3.05, 3.63) is 82.6 Å². The van der Waals surface area contributed by atoms with E-state index in [9.17, 15) is 13.2 Å². The third kappa shape index (κ3) is 5.40. The number of rotatable bonds is 6. The Morgan fingerprint density at radius 3 is 2.51 bits per heavy atom. The number of benzene rings is 2. The van der Waals surface area contributed by atoms with Gasteiger partial charge in [0.25, 0.3) is 0 Å². The number of aryl methyl sites for hydroxylation is 2. The average molecular weight is 555 g/mol. The summed E-state index contributed by atoms with van der Waals surface area (Å²) < 4.78 is 28.7. The van der Waals surface area contributed by atoms with Crippen LogP contribution in [0.15, 0.2) is 65.7 Å². The fourth-order valence-corrected chi connectivity index (χ4v) is 7.43. The summed E-state index contributed by atoms with van der Waals surface area (Å²) >= 11 is 7.42. The molecule has 0 bridgehead atoms. The van der Waals surface area contributed by atoms with Crippen molar-refractivity contribution < 1.29 is 13.2 Å². The van der Waals surface area contributed by atoms with Crippen LogP contribution in [0.4, 0.5) is 5.13 Å². The van der Waals surface area contributed by atoms with Crippen molar-refractivity contribution in [1.29, 1.82) is 0 Å². The zero-order chi connectivity index (χ0) is 26.2. The van der Waals surface area contributed by atoms with Gasteiger partial charge < -0.3 is 0 Å². The van der Waals surface area contributed by atoms with Crippen molar-refractivity contribution >= 4 is 54.2 Å². The van der Waals surface area contributed by atoms with Crippen molar-refractivity contribution in [3.8, 4) is 0 Å². The fourth-order valence-electron chi connectivity index (χ4n) is 4.69. The molecule has 37 heavy (non-hydrogen) atoms. The van der Waals surface area contributed by atoms with E-state index in [1.54, 1.807) is 23.2 Å². The number of fused-ring (bicyclic) bond motifs is 1. The molecule has 2 aromatic carbocycles. The van der Waals surface area contributed by atoms with Gasteiger partial charge in [-0.25, -0.2) is 13.4 Å². The zero-order valence-electron chi connectivity index (χ0n) is 20.6. The third-order valence-electron chi connectivity index (χ3n) is 6.62. The number of anilines is 1. The first-order valence-electron chi connectivity index (χ1n) is 12.1. The van der Waals surface area contributed by atoms with Crippen LogP contribution in [0.25, 0.3) is 10.2 Å². The number of thiazole rings is 1. The number of nitrogens with zero attached hydrogens (tertiary/aromatic N) is 4. The van der Waals surface area contributed by atoms with Gasteiger partial charge in [0.15, 0.2) is 5.13 Å². The van der Waals surface area contributed by atoms with E-state index < -0.39 is 10.0 Å². The molecule has 0 saturated carbocycles. The number of pyridine rings is 1. The molecule has 1 aliphatic heterocycles. The second-order valence-electron chi connectivity index (χ2n) is 9.30. The van der Waals surface area contributed by atoms with Crippen molar-refractivity contribution in [3.63, 3.8) is 0 Å². The van der Waals surface area contributed by atoms with E-state index >= 15 is 0 Å². The number of hydrogen-bond donors (Lipinski definition) is 0. The van der Waals surface area contributed by atoms with Crippen LogP contribution in [0.1, 0.15) is 29.7 Å². The van der Waals surface area contributed by atoms with Crippen LogP contribution in [0.2, 0.25) is 5.02 Å². The first-order chi connectivity index (χ1) is 17.7. The van der Waals surface area contributed by atoms with Crippen LogP contribution in [-0.4, -0.2) is 41.7 Å². The third-order valence-corrected chi connectivity index (χ3v) is 9.81. The molecule has 10 heteroatoms. The molecule has 0 spiro atoms. The van der Waals surface area contributed by atoms with Crippen molar-refractivity contribution in [2.75, 3.05) is 18.0 Å². The Morgan fingerprint density at radius 2 is 1.84 bits per heavy atom. The van der Waals surface area contributed by atoms with Gasteiger partial charge in [-0.2, -0.15) is 4.31 Å². The largest absolute Gasteiger partial charge is 0.282 e. The second-order valence-corrected chi connectivity index (χ2v) is 12.7. The summed E-state index contributed by atoms with van der Waals surface area (Å²) in [6, 6.07) is 16.0. The van der Waals surface area contributed by atoms with Gasteiger partial charge in [0.2, 0.25) is 15.9 Å². The molecule has 1 saturated heterocycles. The van der Waals surface area contributed by atoms with Crippen LogP contribution < -0.4 is 4.90 Å². The highest BCUT2D eigenvalue weighted by Gasteiger charge is 2.35. The lowest BCUT2D eigenvalue weighted by molar-refractivity contribution is -0.123. The molecule has 0 atom stereocenters. The van der Waals surface area contributed by atoms with Crippen molar-refractivity contribution in [2.24, 2.45) is 5.92 Å². The lowest BCUT2D eigenvalue weighted by atomic mass is 9.96. The van der Waals surface area contributed by atoms with Gasteiger partial charge in [-0.3, -0.25) is 14.7 Å². The predicted octanol–water partition coefficient (Wildman–Crippen LogP) is 5.60. The van der Waals surface area contributed by atoms with E-state index in [1.165, 1.54) is 27.8 Å². The van der Waals surface area contributed by atoms with Gasteiger partial charge >= 0.3 is 0 Å². The molecule has 5 rings (SSSR count). The molecule has 2 aromatic heterocycles. The molecular formula is C27H27ClN4O3S2. The van der Waals surface area contributed by atoms with Crippen LogP contribution in [-0.2, 0) is 21.4 Å². The van der Waals surface area contributed by atoms with E-state index in [4.69, 9.17) is 16.6 Å². The lowest BCUT2D eigenvalue weighted by Crippen LogP contribution is -2.44. The quantitative estimate of drug-likeness (QED) is 0.310. The SMILES string of the molecule is Cc1cc(C)c2nc(N(Cc3ccccn3)C(=O)C3CCN(S(=O)(=O)c4ccc(Cl)cc4)CC3)sc2c1. The Hall–Kier alpha value is -2.85. The summed E-state index contributed by atoms with van der Waals surface area (Å²) in [6.07, 6.45) is 2.59. The molecule has 0 unspecified atom stereocenters. The van der Waals surface area contributed by atoms with Crippen LogP contribution in [0.3, 0.4) is 0 Å². The van der Waals surface area contributed by atoms with Crippen molar-refractivity contribution in [2.45, 2.75) is 38.1 Å². The average Bonchev–Trinajstić information content (AvgIpc) is 3.32. The van der Waals surface area contributed by atoms with Crippen molar-refractivity contribution in [1.82, 2.24) is 14.3 Å². The Kier molecular flexibility index (Phi) is 7.31. The number of sulfonamides is 1. The second kappa shape index (κ2) is 10.5. The minimum atomic E-state index is -3.65. The summed E-state index contributed by atoms with van der Waals surface area (Å²) in [5, 5.41) is 1.12. The van der Waals surface area contributed by atoms with E-state index in [0.717, 1.165) is 27.0 Å². The predicted molar refractivity (Wildman–Crippen MR) is 147 cm³/mol. The number of amides is 1. The molecule has 1 aliphatic rings. The highest BCUT2D eigenvalue weighted by molar-refractivity contribution is 7.89. The molecule has 0 radical (unpaired) electrons. The Balaban J connectivity index is 1.39. The maximum absolute atomic E-state index is 13.9. The standard InChI is InChI=1S/C27H27ClN4O3S2/c1-18-15-19(2)25-24(16-18)36-27(30-25)32(17-22-5-3-4-12-29-22)26(33)20-10-13-31(14-11-20)37(34,35)23-8-6-21(28)7-9-23/h3-9,12,15-16,20H,10-11,13-14,17H2,1-2H3. The Labute approximate surface area is 225 Å². The normalized spacial score (nSPS) is 15.2. The van der Waals surface area contributed by atoms with Gasteiger partial charge in [-0.1, -0.05) is 35.1 Å². The first-order valence-corrected chi connectivity index (χ1v) is 14.7. The fraction of sp³-hybridized carbons (Fsp3) is 0.296. The maximum Gasteiger partial charge on any atom is 0.243 e. The monoisotopic (exact) mass is 554 g/mol. The molecular weight excluding hydrogens is 528 g/mol. The highest BCUT2D eigenvalue weighted by Crippen LogP contribution is 2.34. The number of carbonyl (C=O) groups is 1. The topological polar surface area (TPSA) is 83.5 Å². The van der Waals surface area contributed by atoms with Crippen LogP contribution >= 0.6 is 22.9 Å². The molecule has 1 fully saturated rings. The summed E-state index contributed by atoms with van der Waals surface area (Å²) in [7, 11) is -3.65. The summed E-state index contributed by atoms with van der Waals surface area (Å²) in [4.78, 5) is 25.1. The van der Waals surface area contributed by atoms with E-state index in [0.29, 0.717) is 29.5 Å². The van der Waals surface area contributed by atoms with Crippen LogP contribution in [0.5, 0.6) is 0 Å². The minimum Gasteiger partial charge on any atom is -0.282 e. The van der Waals surface area contributed by atoms with Gasteiger partial charge in [-0.05, 0) is 80.3 Å². The van der Waals surface area contributed by atoms with E-state index in [-0.39, 0.29) is 29.8 Å². The van der Waals surface area contributed by atoms with Gasteiger partial charge in [0.05, 0.1) is 27.4 Å². The lowest BCUT2D eigenvalue weighted by Gasteiger charge is -2.33. The summed E-state index contributed by atoms with van der Waals surface area (Å²) in [5.41, 5.74) is 3.89. The van der Waals surface area contributed by atoms with Gasteiger partial charge in [0.1, 0.15) is 0 Å². The van der Waals surface area contributed by atoms with Crippen LogP contribution in [0, 0.1) is 19.8 Å². The highest BCUT2D eigenvalue weighted by atomic mass is 35.5.